The first kappa shape index (κ1) is 15.6. The highest BCUT2D eigenvalue weighted by atomic mass is 19.4. The van der Waals surface area contributed by atoms with E-state index in [1.165, 1.54) is 6.07 Å². The fraction of sp³-hybridized carbons (Fsp3) is 0.438. The summed E-state index contributed by atoms with van der Waals surface area (Å²) in [6.45, 7) is 5.72. The molecule has 0 saturated carbocycles. The van der Waals surface area contributed by atoms with Crippen molar-refractivity contribution in [3.05, 3.63) is 53.1 Å². The maximum absolute atomic E-state index is 13.3. The molecule has 1 aromatic carbocycles. The van der Waals surface area contributed by atoms with E-state index in [1.54, 1.807) is 36.3 Å². The zero-order valence-electron chi connectivity index (χ0n) is 12.6. The summed E-state index contributed by atoms with van der Waals surface area (Å²) in [6, 6.07) is 4.63. The lowest BCUT2D eigenvalue weighted by Gasteiger charge is -2.22. The van der Waals surface area contributed by atoms with E-state index in [9.17, 15) is 13.2 Å². The Balaban J connectivity index is 2.48. The molecule has 2 rings (SSSR count). The number of halogens is 3. The summed E-state index contributed by atoms with van der Waals surface area (Å²) in [5, 5.41) is 0. The molecule has 5 heteroatoms. The molecule has 0 amide bonds. The first-order valence-corrected chi connectivity index (χ1v) is 6.75. The van der Waals surface area contributed by atoms with Crippen molar-refractivity contribution < 1.29 is 13.2 Å². The summed E-state index contributed by atoms with van der Waals surface area (Å²) in [5.74, 6) is 0. The van der Waals surface area contributed by atoms with Crippen LogP contribution >= 0.6 is 0 Å². The molecule has 0 spiro atoms. The molecule has 0 aliphatic rings. The lowest BCUT2D eigenvalue weighted by Crippen LogP contribution is -2.16. The van der Waals surface area contributed by atoms with Gasteiger partial charge in [-0.15, -0.1) is 0 Å². The second-order valence-corrected chi connectivity index (χ2v) is 6.29. The maximum atomic E-state index is 13.3. The zero-order chi connectivity index (χ0) is 15.8. The number of hydrogen-bond donors (Lipinski definition) is 0. The van der Waals surface area contributed by atoms with Gasteiger partial charge in [0.1, 0.15) is 0 Å². The fourth-order valence-electron chi connectivity index (χ4n) is 2.21. The molecule has 0 aliphatic carbocycles. The SMILES string of the molecule is Cn1cncc1Cc1ccc(C(C)(C)C)cc1C(F)(F)F. The minimum atomic E-state index is -4.35. The van der Waals surface area contributed by atoms with Gasteiger partial charge < -0.3 is 4.57 Å². The molecule has 1 heterocycles. The summed E-state index contributed by atoms with van der Waals surface area (Å²) in [6.07, 6.45) is -0.950. The smallest absolute Gasteiger partial charge is 0.337 e. The third kappa shape index (κ3) is 3.46. The molecule has 2 nitrogen and oxygen atoms in total. The molecular formula is C16H19F3N2. The molecule has 0 N–H and O–H groups in total. The molecule has 0 atom stereocenters. The molecule has 0 aliphatic heterocycles. The number of aromatic nitrogens is 2. The van der Waals surface area contributed by atoms with Gasteiger partial charge in [0.25, 0.3) is 0 Å². The van der Waals surface area contributed by atoms with Crippen molar-refractivity contribution in [3.8, 4) is 0 Å². The molecule has 21 heavy (non-hydrogen) atoms. The fourth-order valence-corrected chi connectivity index (χ4v) is 2.21. The Hall–Kier alpha value is -1.78. The van der Waals surface area contributed by atoms with Gasteiger partial charge in [0.2, 0.25) is 0 Å². The third-order valence-corrected chi connectivity index (χ3v) is 3.57. The van der Waals surface area contributed by atoms with Gasteiger partial charge in [-0.3, -0.25) is 0 Å². The van der Waals surface area contributed by atoms with Crippen LogP contribution in [-0.2, 0) is 25.1 Å². The van der Waals surface area contributed by atoms with Gasteiger partial charge in [0.05, 0.1) is 11.9 Å². The lowest BCUT2D eigenvalue weighted by molar-refractivity contribution is -0.138. The summed E-state index contributed by atoms with van der Waals surface area (Å²) in [7, 11) is 1.78. The van der Waals surface area contributed by atoms with E-state index in [0.717, 1.165) is 5.69 Å². The predicted octanol–water partition coefficient (Wildman–Crippen LogP) is 4.33. The Morgan fingerprint density at radius 2 is 1.81 bits per heavy atom. The van der Waals surface area contributed by atoms with Gasteiger partial charge in [-0.25, -0.2) is 4.98 Å². The van der Waals surface area contributed by atoms with Crippen molar-refractivity contribution in [2.75, 3.05) is 0 Å². The lowest BCUT2D eigenvalue weighted by atomic mass is 9.84. The summed E-state index contributed by atoms with van der Waals surface area (Å²) in [5.41, 5.74) is 0.841. The Labute approximate surface area is 122 Å². The second kappa shape index (κ2) is 5.20. The monoisotopic (exact) mass is 296 g/mol. The van der Waals surface area contributed by atoms with Crippen LogP contribution in [0.4, 0.5) is 13.2 Å². The van der Waals surface area contributed by atoms with E-state index < -0.39 is 11.7 Å². The van der Waals surface area contributed by atoms with Crippen LogP contribution in [-0.4, -0.2) is 9.55 Å². The normalized spacial score (nSPS) is 12.7. The zero-order valence-corrected chi connectivity index (χ0v) is 12.6. The van der Waals surface area contributed by atoms with Crippen LogP contribution in [0.25, 0.3) is 0 Å². The number of rotatable bonds is 2. The van der Waals surface area contributed by atoms with Gasteiger partial charge in [-0.05, 0) is 22.6 Å². The van der Waals surface area contributed by atoms with E-state index in [2.05, 4.69) is 4.98 Å². The van der Waals surface area contributed by atoms with Gasteiger partial charge >= 0.3 is 6.18 Å². The first-order chi connectivity index (χ1) is 9.59. The van der Waals surface area contributed by atoms with Crippen LogP contribution in [0.5, 0.6) is 0 Å². The van der Waals surface area contributed by atoms with Gasteiger partial charge in [-0.2, -0.15) is 13.2 Å². The quantitative estimate of drug-likeness (QED) is 0.806. The summed E-state index contributed by atoms with van der Waals surface area (Å²) < 4.78 is 41.7. The van der Waals surface area contributed by atoms with E-state index >= 15 is 0 Å². The molecule has 0 unspecified atom stereocenters. The highest BCUT2D eigenvalue weighted by Gasteiger charge is 2.34. The van der Waals surface area contributed by atoms with Crippen molar-refractivity contribution in [2.45, 2.75) is 38.8 Å². The Morgan fingerprint density at radius 1 is 1.14 bits per heavy atom. The van der Waals surface area contributed by atoms with Crippen LogP contribution in [0.15, 0.2) is 30.7 Å². The average Bonchev–Trinajstić information content (AvgIpc) is 2.73. The number of nitrogens with zero attached hydrogens (tertiary/aromatic N) is 2. The van der Waals surface area contributed by atoms with Crippen LogP contribution in [0, 0.1) is 0 Å². The summed E-state index contributed by atoms with van der Waals surface area (Å²) in [4.78, 5) is 3.95. The van der Waals surface area contributed by atoms with Crippen molar-refractivity contribution in [2.24, 2.45) is 7.05 Å². The molecule has 0 fully saturated rings. The largest absolute Gasteiger partial charge is 0.416 e. The minimum Gasteiger partial charge on any atom is -0.337 e. The van der Waals surface area contributed by atoms with Crippen molar-refractivity contribution in [1.82, 2.24) is 9.55 Å². The van der Waals surface area contributed by atoms with Crippen LogP contribution in [0.3, 0.4) is 0 Å². The first-order valence-electron chi connectivity index (χ1n) is 6.75. The molecule has 0 saturated heterocycles. The van der Waals surface area contributed by atoms with Gasteiger partial charge in [0.15, 0.2) is 0 Å². The Kier molecular flexibility index (Phi) is 3.87. The topological polar surface area (TPSA) is 17.8 Å². The maximum Gasteiger partial charge on any atom is 0.416 e. The van der Waals surface area contributed by atoms with Gasteiger partial charge in [-0.1, -0.05) is 32.9 Å². The van der Waals surface area contributed by atoms with E-state index in [4.69, 9.17) is 0 Å². The van der Waals surface area contributed by atoms with Crippen molar-refractivity contribution in [1.29, 1.82) is 0 Å². The third-order valence-electron chi connectivity index (χ3n) is 3.57. The molecule has 0 radical (unpaired) electrons. The van der Waals surface area contributed by atoms with E-state index in [-0.39, 0.29) is 17.4 Å². The summed E-state index contributed by atoms with van der Waals surface area (Å²) >= 11 is 0. The molecule has 114 valence electrons. The number of imidazole rings is 1. The molecule has 2 aromatic rings. The second-order valence-electron chi connectivity index (χ2n) is 6.29. The minimum absolute atomic E-state index is 0.218. The van der Waals surface area contributed by atoms with Crippen LogP contribution in [0.1, 0.15) is 43.2 Å². The van der Waals surface area contributed by atoms with Crippen molar-refractivity contribution >= 4 is 0 Å². The molecular weight excluding hydrogens is 277 g/mol. The number of hydrogen-bond acceptors (Lipinski definition) is 1. The predicted molar refractivity (Wildman–Crippen MR) is 76.2 cm³/mol. The average molecular weight is 296 g/mol. The van der Waals surface area contributed by atoms with E-state index in [1.807, 2.05) is 20.8 Å². The number of benzene rings is 1. The number of aryl methyl sites for hydroxylation is 1. The van der Waals surface area contributed by atoms with Gasteiger partial charge in [0, 0.05) is 25.4 Å². The van der Waals surface area contributed by atoms with Crippen LogP contribution in [0.2, 0.25) is 0 Å². The van der Waals surface area contributed by atoms with Crippen molar-refractivity contribution in [3.63, 3.8) is 0 Å². The Morgan fingerprint density at radius 3 is 2.29 bits per heavy atom. The highest BCUT2D eigenvalue weighted by molar-refractivity contribution is 5.39. The molecule has 0 bridgehead atoms. The van der Waals surface area contributed by atoms with Crippen LogP contribution < -0.4 is 0 Å². The standard InChI is InChI=1S/C16H19F3N2/c1-15(2,3)12-6-5-11(14(8-12)16(17,18)19)7-13-9-20-10-21(13)4/h5-6,8-10H,7H2,1-4H3. The molecule has 1 aromatic heterocycles. The number of alkyl halides is 3. The highest BCUT2D eigenvalue weighted by Crippen LogP contribution is 2.36. The van der Waals surface area contributed by atoms with E-state index in [0.29, 0.717) is 5.56 Å². The Bertz CT molecular complexity index is 634.